The molecule has 0 saturated heterocycles. The Morgan fingerprint density at radius 1 is 0.976 bits per heavy atom. The molecular formula is C36H52O5. The maximum Gasteiger partial charge on any atom is 0.306 e. The average Bonchev–Trinajstić information content (AvgIpc) is 3.28. The fourth-order valence-corrected chi connectivity index (χ4v) is 9.95. The number of ether oxygens (including phenoxy) is 2. The van der Waals surface area contributed by atoms with Gasteiger partial charge in [0.25, 0.3) is 0 Å². The van der Waals surface area contributed by atoms with Crippen molar-refractivity contribution >= 4 is 17.5 Å². The van der Waals surface area contributed by atoms with Crippen LogP contribution in [-0.2, 0) is 19.1 Å². The second kappa shape index (κ2) is 11.6. The molecular weight excluding hydrogens is 512 g/mol. The van der Waals surface area contributed by atoms with Gasteiger partial charge in [-0.15, -0.1) is 0 Å². The van der Waals surface area contributed by atoms with E-state index >= 15 is 0 Å². The zero-order valence-corrected chi connectivity index (χ0v) is 26.2. The first-order chi connectivity index (χ1) is 19.3. The number of carbonyl (C=O) groups is 3. The van der Waals surface area contributed by atoms with Crippen LogP contribution in [0.3, 0.4) is 0 Å². The molecule has 5 heteroatoms. The molecule has 9 atom stereocenters. The lowest BCUT2D eigenvalue weighted by Crippen LogP contribution is -2.57. The molecule has 4 fully saturated rings. The molecule has 226 valence electrons. The van der Waals surface area contributed by atoms with Gasteiger partial charge in [-0.1, -0.05) is 51.1 Å². The van der Waals surface area contributed by atoms with Crippen molar-refractivity contribution in [1.82, 2.24) is 0 Å². The predicted molar refractivity (Wildman–Crippen MR) is 160 cm³/mol. The summed E-state index contributed by atoms with van der Waals surface area (Å²) in [7, 11) is 0. The van der Waals surface area contributed by atoms with Crippen LogP contribution >= 0.6 is 0 Å². The van der Waals surface area contributed by atoms with Crippen LogP contribution in [0.5, 0.6) is 0 Å². The number of benzene rings is 1. The minimum Gasteiger partial charge on any atom is -0.457 e. The number of hydrogen-bond acceptors (Lipinski definition) is 5. The third-order valence-electron chi connectivity index (χ3n) is 12.0. The molecule has 0 spiro atoms. The summed E-state index contributed by atoms with van der Waals surface area (Å²) in [6.07, 6.45) is 10.0. The molecule has 0 heterocycles. The van der Waals surface area contributed by atoms with Gasteiger partial charge in [0.1, 0.15) is 5.78 Å². The van der Waals surface area contributed by atoms with Crippen molar-refractivity contribution in [2.75, 3.05) is 6.61 Å². The van der Waals surface area contributed by atoms with E-state index in [1.165, 1.54) is 12.8 Å². The molecule has 41 heavy (non-hydrogen) atoms. The lowest BCUT2D eigenvalue weighted by molar-refractivity contribution is -0.169. The van der Waals surface area contributed by atoms with E-state index in [0.29, 0.717) is 47.4 Å². The van der Waals surface area contributed by atoms with Gasteiger partial charge in [0.15, 0.2) is 12.4 Å². The van der Waals surface area contributed by atoms with Gasteiger partial charge in [0.2, 0.25) is 0 Å². The van der Waals surface area contributed by atoms with Gasteiger partial charge in [0, 0.05) is 24.3 Å². The SMILES string of the molecule is C[C@H](CCC(=O)OCC(=O)c1ccccc1)[C@H]1CC[C@H]2[C@@H]3C(=O)C[C@@H]4C[C@H](OC(C)(C)C)CC[C@]4(C)[C@H]3CC[C@]12C. The van der Waals surface area contributed by atoms with Crippen LogP contribution in [-0.4, -0.2) is 35.8 Å². The summed E-state index contributed by atoms with van der Waals surface area (Å²) in [5.41, 5.74) is 0.817. The second-order valence-electron chi connectivity index (χ2n) is 15.4. The van der Waals surface area contributed by atoms with Crippen LogP contribution in [0.1, 0.15) is 116 Å². The molecule has 0 N–H and O–H groups in total. The lowest BCUT2D eigenvalue weighted by atomic mass is 9.44. The topological polar surface area (TPSA) is 69.7 Å². The molecule has 4 aliphatic rings. The molecule has 5 nitrogen and oxygen atoms in total. The summed E-state index contributed by atoms with van der Waals surface area (Å²) in [6, 6.07) is 8.97. The number of rotatable bonds is 8. The Morgan fingerprint density at radius 2 is 1.66 bits per heavy atom. The number of fused-ring (bicyclic) bond motifs is 5. The average molecular weight is 565 g/mol. The van der Waals surface area contributed by atoms with E-state index in [2.05, 4.69) is 41.5 Å². The highest BCUT2D eigenvalue weighted by atomic mass is 16.5. The van der Waals surface area contributed by atoms with Crippen molar-refractivity contribution < 1.29 is 23.9 Å². The first kappa shape index (κ1) is 30.4. The van der Waals surface area contributed by atoms with Gasteiger partial charge in [-0.2, -0.15) is 0 Å². The first-order valence-electron chi connectivity index (χ1n) is 16.3. The maximum absolute atomic E-state index is 13.9. The molecule has 0 aliphatic heterocycles. The van der Waals surface area contributed by atoms with Gasteiger partial charge in [-0.05, 0) is 113 Å². The molecule has 1 aromatic carbocycles. The standard InChI is InChI=1S/C36H52O5/c1-23(12-15-32(39)40-22-31(38)24-10-8-7-9-11-24)27-13-14-28-33-29(17-19-36(27,28)6)35(5)18-16-26(41-34(2,3)4)20-25(35)21-30(33)37/h7-11,23,25-29,33H,12-22H2,1-6H3/t23-,25+,26-,27-,28+,29+,33+,35+,36-/m1/s1. The molecule has 4 aliphatic carbocycles. The van der Waals surface area contributed by atoms with E-state index in [1.807, 2.05) is 18.2 Å². The van der Waals surface area contributed by atoms with Crippen LogP contribution in [0, 0.1) is 46.3 Å². The van der Waals surface area contributed by atoms with Crippen molar-refractivity contribution in [2.24, 2.45) is 46.3 Å². The summed E-state index contributed by atoms with van der Waals surface area (Å²) in [4.78, 5) is 38.7. The zero-order valence-electron chi connectivity index (χ0n) is 26.2. The Bertz CT molecular complexity index is 1120. The van der Waals surface area contributed by atoms with E-state index in [0.717, 1.165) is 44.9 Å². The summed E-state index contributed by atoms with van der Waals surface area (Å²) < 4.78 is 11.7. The van der Waals surface area contributed by atoms with E-state index in [1.54, 1.807) is 12.1 Å². The fraction of sp³-hybridized carbons (Fsp3) is 0.750. The molecule has 0 aromatic heterocycles. The Morgan fingerprint density at radius 3 is 2.37 bits per heavy atom. The number of carbonyl (C=O) groups excluding carboxylic acids is 3. The Labute approximate surface area is 247 Å². The van der Waals surface area contributed by atoms with Gasteiger partial charge in [-0.3, -0.25) is 14.4 Å². The largest absolute Gasteiger partial charge is 0.457 e. The van der Waals surface area contributed by atoms with Crippen molar-refractivity contribution in [3.63, 3.8) is 0 Å². The normalized spacial score (nSPS) is 37.5. The Kier molecular flexibility index (Phi) is 8.60. The Hall–Kier alpha value is -2.01. The van der Waals surface area contributed by atoms with Gasteiger partial charge in [0.05, 0.1) is 11.7 Å². The van der Waals surface area contributed by atoms with Crippen LogP contribution < -0.4 is 0 Å². The molecule has 0 unspecified atom stereocenters. The number of esters is 1. The van der Waals surface area contributed by atoms with Crippen LogP contribution in [0.2, 0.25) is 0 Å². The molecule has 1 aromatic rings. The molecule has 0 amide bonds. The molecule has 0 bridgehead atoms. The van der Waals surface area contributed by atoms with E-state index < -0.39 is 0 Å². The van der Waals surface area contributed by atoms with Crippen LogP contribution in [0.25, 0.3) is 0 Å². The summed E-state index contributed by atoms with van der Waals surface area (Å²) >= 11 is 0. The number of Topliss-reactive ketones (excluding diaryl/α,β-unsaturated/α-hetero) is 2. The second-order valence-corrected chi connectivity index (χ2v) is 15.4. The summed E-state index contributed by atoms with van der Waals surface area (Å²) in [5, 5.41) is 0. The zero-order chi connectivity index (χ0) is 29.6. The third kappa shape index (κ3) is 6.08. The van der Waals surface area contributed by atoms with Gasteiger partial charge >= 0.3 is 5.97 Å². The third-order valence-corrected chi connectivity index (χ3v) is 12.0. The van der Waals surface area contributed by atoms with Crippen LogP contribution in [0.4, 0.5) is 0 Å². The van der Waals surface area contributed by atoms with Crippen molar-refractivity contribution in [2.45, 2.75) is 117 Å². The minimum absolute atomic E-state index is 0.141. The van der Waals surface area contributed by atoms with E-state index in [-0.39, 0.29) is 46.8 Å². The monoisotopic (exact) mass is 564 g/mol. The van der Waals surface area contributed by atoms with Crippen LogP contribution in [0.15, 0.2) is 30.3 Å². The van der Waals surface area contributed by atoms with E-state index in [9.17, 15) is 14.4 Å². The highest BCUT2D eigenvalue weighted by Crippen LogP contribution is 2.67. The number of hydrogen-bond donors (Lipinski definition) is 0. The number of ketones is 2. The maximum atomic E-state index is 13.9. The van der Waals surface area contributed by atoms with Gasteiger partial charge < -0.3 is 9.47 Å². The predicted octanol–water partition coefficient (Wildman–Crippen LogP) is 7.85. The lowest BCUT2D eigenvalue weighted by Gasteiger charge is -2.60. The van der Waals surface area contributed by atoms with Gasteiger partial charge in [-0.25, -0.2) is 0 Å². The van der Waals surface area contributed by atoms with Crippen molar-refractivity contribution in [3.8, 4) is 0 Å². The molecule has 5 rings (SSSR count). The summed E-state index contributed by atoms with van der Waals surface area (Å²) in [5.74, 6) is 2.54. The van der Waals surface area contributed by atoms with E-state index in [4.69, 9.17) is 9.47 Å². The smallest absolute Gasteiger partial charge is 0.306 e. The highest BCUT2D eigenvalue weighted by Gasteiger charge is 2.63. The quantitative estimate of drug-likeness (QED) is 0.238. The highest BCUT2D eigenvalue weighted by molar-refractivity contribution is 5.97. The van der Waals surface area contributed by atoms with Crippen molar-refractivity contribution in [1.29, 1.82) is 0 Å². The molecule has 4 saturated carbocycles. The van der Waals surface area contributed by atoms with Crippen molar-refractivity contribution in [3.05, 3.63) is 35.9 Å². The Balaban J connectivity index is 1.18. The minimum atomic E-state index is -0.294. The molecule has 0 radical (unpaired) electrons. The first-order valence-corrected chi connectivity index (χ1v) is 16.3. The fourth-order valence-electron chi connectivity index (χ4n) is 9.95. The summed E-state index contributed by atoms with van der Waals surface area (Å²) in [6.45, 7) is 13.4.